The van der Waals surface area contributed by atoms with Crippen molar-refractivity contribution < 1.29 is 14.3 Å². The van der Waals surface area contributed by atoms with Gasteiger partial charge in [0, 0.05) is 29.6 Å². The van der Waals surface area contributed by atoms with Crippen molar-refractivity contribution in [1.29, 1.82) is 0 Å². The standard InChI is InChI=1S/C24H24N6O3S/c1-32-20-9-21(33-2)19(29-10-18(25-12-29)14-3-4-14)8-17(20)24(31)27-15-7-22(34-11-15)23-28-26-13-30(23)16-5-6-16/h7-14,16H,3-6H2,1-2H3,(H,27,31). The Bertz CT molecular complexity index is 1360. The molecule has 0 saturated heterocycles. The third-order valence-electron chi connectivity index (χ3n) is 6.21. The van der Waals surface area contributed by atoms with E-state index in [-0.39, 0.29) is 5.91 Å². The van der Waals surface area contributed by atoms with E-state index < -0.39 is 0 Å². The SMILES string of the molecule is COc1cc(OC)c(-n2cnc(C3CC3)c2)cc1C(=O)Nc1csc(-c2nncn2C2CC2)c1. The summed E-state index contributed by atoms with van der Waals surface area (Å²) in [5.74, 6) is 2.14. The molecular weight excluding hydrogens is 452 g/mol. The van der Waals surface area contributed by atoms with Crippen LogP contribution in [0.2, 0.25) is 0 Å². The Morgan fingerprint density at radius 1 is 1.09 bits per heavy atom. The molecule has 2 fully saturated rings. The van der Waals surface area contributed by atoms with Crippen molar-refractivity contribution in [3.05, 3.63) is 53.7 Å². The Morgan fingerprint density at radius 2 is 1.91 bits per heavy atom. The summed E-state index contributed by atoms with van der Waals surface area (Å²) in [6.45, 7) is 0. The van der Waals surface area contributed by atoms with Crippen molar-refractivity contribution in [2.75, 3.05) is 19.5 Å². The summed E-state index contributed by atoms with van der Waals surface area (Å²) in [5.41, 5.74) is 2.91. The summed E-state index contributed by atoms with van der Waals surface area (Å²) >= 11 is 1.53. The molecule has 3 heterocycles. The number of nitrogens with zero attached hydrogens (tertiary/aromatic N) is 5. The van der Waals surface area contributed by atoms with Crippen molar-refractivity contribution in [3.8, 4) is 27.9 Å². The van der Waals surface area contributed by atoms with E-state index in [1.54, 1.807) is 39.0 Å². The molecule has 10 heteroatoms. The summed E-state index contributed by atoms with van der Waals surface area (Å²) in [6.07, 6.45) is 10.2. The highest BCUT2D eigenvalue weighted by Gasteiger charge is 2.28. The molecule has 0 spiro atoms. The van der Waals surface area contributed by atoms with E-state index in [2.05, 4.69) is 25.1 Å². The lowest BCUT2D eigenvalue weighted by molar-refractivity contribution is 0.102. The maximum atomic E-state index is 13.3. The minimum absolute atomic E-state index is 0.267. The van der Waals surface area contributed by atoms with Gasteiger partial charge in [0.1, 0.15) is 17.8 Å². The van der Waals surface area contributed by atoms with Gasteiger partial charge >= 0.3 is 0 Å². The first-order chi connectivity index (χ1) is 16.6. The van der Waals surface area contributed by atoms with E-state index in [0.29, 0.717) is 34.7 Å². The predicted molar refractivity (Wildman–Crippen MR) is 128 cm³/mol. The Balaban J connectivity index is 1.29. The van der Waals surface area contributed by atoms with Gasteiger partial charge in [-0.3, -0.25) is 4.79 Å². The summed E-state index contributed by atoms with van der Waals surface area (Å²) < 4.78 is 15.1. The quantitative estimate of drug-likeness (QED) is 0.397. The van der Waals surface area contributed by atoms with Gasteiger partial charge in [0.15, 0.2) is 5.82 Å². The fourth-order valence-corrected chi connectivity index (χ4v) is 4.90. The zero-order chi connectivity index (χ0) is 23.2. The van der Waals surface area contributed by atoms with Crippen molar-refractivity contribution in [2.24, 2.45) is 0 Å². The van der Waals surface area contributed by atoms with Gasteiger partial charge in [0.05, 0.1) is 48.1 Å². The fourth-order valence-electron chi connectivity index (χ4n) is 4.08. The van der Waals surface area contributed by atoms with E-state index >= 15 is 0 Å². The Hall–Kier alpha value is -3.66. The largest absolute Gasteiger partial charge is 0.496 e. The van der Waals surface area contributed by atoms with E-state index in [9.17, 15) is 4.79 Å². The van der Waals surface area contributed by atoms with Gasteiger partial charge in [-0.2, -0.15) is 0 Å². The van der Waals surface area contributed by atoms with Crippen LogP contribution in [0.5, 0.6) is 11.5 Å². The van der Waals surface area contributed by atoms with Crippen LogP contribution >= 0.6 is 11.3 Å². The maximum Gasteiger partial charge on any atom is 0.259 e. The topological polar surface area (TPSA) is 96.1 Å². The summed E-state index contributed by atoms with van der Waals surface area (Å²) in [5, 5.41) is 13.3. The van der Waals surface area contributed by atoms with Crippen LogP contribution in [-0.2, 0) is 0 Å². The number of amides is 1. The van der Waals surface area contributed by atoms with Gasteiger partial charge in [-0.05, 0) is 37.8 Å². The van der Waals surface area contributed by atoms with E-state index in [4.69, 9.17) is 9.47 Å². The number of hydrogen-bond acceptors (Lipinski definition) is 7. The van der Waals surface area contributed by atoms with Crippen LogP contribution in [0.1, 0.15) is 53.7 Å². The first-order valence-corrected chi connectivity index (χ1v) is 12.1. The first kappa shape index (κ1) is 20.9. The highest BCUT2D eigenvalue weighted by molar-refractivity contribution is 7.14. The average Bonchev–Trinajstić information content (AvgIpc) is 3.73. The minimum Gasteiger partial charge on any atom is -0.496 e. The number of rotatable bonds is 8. The molecule has 1 amide bonds. The van der Waals surface area contributed by atoms with Crippen LogP contribution in [0.3, 0.4) is 0 Å². The molecular formula is C24H24N6O3S. The first-order valence-electron chi connectivity index (χ1n) is 11.2. The van der Waals surface area contributed by atoms with Gasteiger partial charge in [0.25, 0.3) is 5.91 Å². The van der Waals surface area contributed by atoms with E-state index in [1.807, 2.05) is 22.2 Å². The monoisotopic (exact) mass is 476 g/mol. The second-order valence-electron chi connectivity index (χ2n) is 8.65. The fraction of sp³-hybridized carbons (Fsp3) is 0.333. The maximum absolute atomic E-state index is 13.3. The Morgan fingerprint density at radius 3 is 2.65 bits per heavy atom. The number of thiophene rings is 1. The zero-order valence-electron chi connectivity index (χ0n) is 18.9. The van der Waals surface area contributed by atoms with Crippen molar-refractivity contribution in [3.63, 3.8) is 0 Å². The van der Waals surface area contributed by atoms with Crippen LogP contribution in [0.25, 0.3) is 16.4 Å². The van der Waals surface area contributed by atoms with Crippen molar-refractivity contribution in [2.45, 2.75) is 37.6 Å². The molecule has 2 saturated carbocycles. The number of ether oxygens (including phenoxy) is 2. The number of carbonyl (C=O) groups is 1. The van der Waals surface area contributed by atoms with Gasteiger partial charge in [-0.25, -0.2) is 4.98 Å². The third kappa shape index (κ3) is 3.83. The molecule has 2 aliphatic carbocycles. The summed E-state index contributed by atoms with van der Waals surface area (Å²) in [6, 6.07) is 5.93. The minimum atomic E-state index is -0.267. The molecule has 1 aromatic carbocycles. The van der Waals surface area contributed by atoms with Gasteiger partial charge < -0.3 is 23.9 Å². The number of aromatic nitrogens is 5. The lowest BCUT2D eigenvalue weighted by atomic mass is 10.1. The lowest BCUT2D eigenvalue weighted by Crippen LogP contribution is -2.14. The molecule has 2 aliphatic rings. The molecule has 3 aromatic heterocycles. The number of carbonyl (C=O) groups excluding carboxylic acids is 1. The second-order valence-corrected chi connectivity index (χ2v) is 9.56. The highest BCUT2D eigenvalue weighted by atomic mass is 32.1. The molecule has 34 heavy (non-hydrogen) atoms. The van der Waals surface area contributed by atoms with E-state index in [1.165, 1.54) is 24.2 Å². The number of benzene rings is 1. The zero-order valence-corrected chi connectivity index (χ0v) is 19.7. The van der Waals surface area contributed by atoms with Gasteiger partial charge in [-0.15, -0.1) is 21.5 Å². The molecule has 174 valence electrons. The van der Waals surface area contributed by atoms with Crippen LogP contribution in [0, 0.1) is 0 Å². The Labute approximate surface area is 200 Å². The molecule has 0 radical (unpaired) electrons. The molecule has 0 unspecified atom stereocenters. The number of anilines is 1. The number of hydrogen-bond donors (Lipinski definition) is 1. The smallest absolute Gasteiger partial charge is 0.259 e. The molecule has 0 aliphatic heterocycles. The lowest BCUT2D eigenvalue weighted by Gasteiger charge is -2.15. The highest BCUT2D eigenvalue weighted by Crippen LogP contribution is 2.41. The molecule has 0 atom stereocenters. The molecule has 9 nitrogen and oxygen atoms in total. The molecule has 6 rings (SSSR count). The third-order valence-corrected chi connectivity index (χ3v) is 7.14. The van der Waals surface area contributed by atoms with E-state index in [0.717, 1.165) is 34.9 Å². The van der Waals surface area contributed by atoms with Gasteiger partial charge in [-0.1, -0.05) is 0 Å². The molecule has 0 bridgehead atoms. The van der Waals surface area contributed by atoms with Crippen LogP contribution in [0.4, 0.5) is 5.69 Å². The predicted octanol–water partition coefficient (Wildman–Crippen LogP) is 4.67. The summed E-state index contributed by atoms with van der Waals surface area (Å²) in [4.78, 5) is 18.8. The van der Waals surface area contributed by atoms with Crippen LogP contribution in [0.15, 0.2) is 42.4 Å². The van der Waals surface area contributed by atoms with Crippen LogP contribution < -0.4 is 14.8 Å². The normalized spacial score (nSPS) is 15.4. The van der Waals surface area contributed by atoms with Crippen molar-refractivity contribution >= 4 is 22.9 Å². The molecule has 1 N–H and O–H groups in total. The molecule has 4 aromatic rings. The van der Waals surface area contributed by atoms with Gasteiger partial charge in [0.2, 0.25) is 0 Å². The number of imidazole rings is 1. The van der Waals surface area contributed by atoms with Crippen molar-refractivity contribution in [1.82, 2.24) is 24.3 Å². The van der Waals surface area contributed by atoms with Crippen LogP contribution in [-0.4, -0.2) is 44.4 Å². The number of nitrogens with one attached hydrogen (secondary N) is 1. The summed E-state index contributed by atoms with van der Waals surface area (Å²) in [7, 11) is 3.14. The average molecular weight is 477 g/mol. The second kappa shape index (κ2) is 8.28. The number of methoxy groups -OCH3 is 2. The Kier molecular flexibility index (Phi) is 5.09.